The Morgan fingerprint density at radius 3 is 2.47 bits per heavy atom. The Labute approximate surface area is 220 Å². The van der Waals surface area contributed by atoms with Gasteiger partial charge in [-0.2, -0.15) is 0 Å². The van der Waals surface area contributed by atoms with Crippen LogP contribution in [0.5, 0.6) is 11.5 Å². The summed E-state index contributed by atoms with van der Waals surface area (Å²) in [5.41, 5.74) is 8.21. The Balaban J connectivity index is 1.94. The second-order valence-electron chi connectivity index (χ2n) is 8.19. The summed E-state index contributed by atoms with van der Waals surface area (Å²) >= 11 is 7.52. The number of hydrogen-bond donors (Lipinski definition) is 3. The average molecular weight is 531 g/mol. The smallest absolute Gasteiger partial charge is 0.262 e. The molecule has 36 heavy (non-hydrogen) atoms. The molecule has 9 heteroatoms. The van der Waals surface area contributed by atoms with Gasteiger partial charge in [0.1, 0.15) is 33.6 Å². The number of halogens is 1. The molecule has 7 nitrogen and oxygen atoms in total. The molecule has 0 radical (unpaired) electrons. The number of ether oxygens (including phenoxy) is 2. The fourth-order valence-corrected chi connectivity index (χ4v) is 5.01. The standard InChI is InChI=1S/C27H31ClN2O5S/c1-4-30(23-15-20(10-9-17(23)2)35-19(11-13-31)12-14-32)25-16-24(26(36-25)27(29)33)34-18(3)21-7-5-6-8-22(21)28/h4-10,15-16,18-19,31-32H,1,11-14H2,2-3H3,(H2,29,33)/t18-/m1/s1. The molecule has 1 atom stereocenters. The molecule has 1 amide bonds. The summed E-state index contributed by atoms with van der Waals surface area (Å²) in [5, 5.41) is 19.9. The van der Waals surface area contributed by atoms with Crippen molar-refractivity contribution in [2.45, 2.75) is 38.9 Å². The molecule has 1 aromatic heterocycles. The molecule has 0 bridgehead atoms. The Bertz CT molecular complexity index is 1190. The Hall–Kier alpha value is -3.04. The van der Waals surface area contributed by atoms with Crippen molar-refractivity contribution in [3.05, 3.63) is 82.3 Å². The lowest BCUT2D eigenvalue weighted by Crippen LogP contribution is -2.20. The van der Waals surface area contributed by atoms with Crippen LogP contribution in [0.1, 0.15) is 46.7 Å². The molecule has 3 rings (SSSR count). The van der Waals surface area contributed by atoms with Crippen LogP contribution in [0.15, 0.2) is 61.3 Å². The highest BCUT2D eigenvalue weighted by Crippen LogP contribution is 2.42. The van der Waals surface area contributed by atoms with Crippen molar-refractivity contribution in [2.24, 2.45) is 5.73 Å². The van der Waals surface area contributed by atoms with Crippen LogP contribution in [0.3, 0.4) is 0 Å². The highest BCUT2D eigenvalue weighted by Gasteiger charge is 2.23. The van der Waals surface area contributed by atoms with Gasteiger partial charge < -0.3 is 30.3 Å². The van der Waals surface area contributed by atoms with Crippen LogP contribution in [0.2, 0.25) is 5.02 Å². The quantitative estimate of drug-likeness (QED) is 0.260. The normalized spacial score (nSPS) is 11.8. The zero-order chi connectivity index (χ0) is 26.2. The van der Waals surface area contributed by atoms with Gasteiger partial charge in [0.05, 0.1) is 5.69 Å². The van der Waals surface area contributed by atoms with E-state index in [1.54, 1.807) is 18.3 Å². The highest BCUT2D eigenvalue weighted by atomic mass is 35.5. The van der Waals surface area contributed by atoms with Gasteiger partial charge in [-0.3, -0.25) is 4.79 Å². The van der Waals surface area contributed by atoms with E-state index in [0.717, 1.165) is 16.8 Å². The van der Waals surface area contributed by atoms with Crippen LogP contribution in [-0.2, 0) is 0 Å². The van der Waals surface area contributed by atoms with Crippen molar-refractivity contribution < 1.29 is 24.5 Å². The Morgan fingerprint density at radius 1 is 1.17 bits per heavy atom. The van der Waals surface area contributed by atoms with Crippen molar-refractivity contribution in [1.82, 2.24) is 0 Å². The first-order valence-electron chi connectivity index (χ1n) is 11.5. The minimum absolute atomic E-state index is 0.0390. The van der Waals surface area contributed by atoms with E-state index in [0.29, 0.717) is 34.4 Å². The van der Waals surface area contributed by atoms with E-state index in [1.807, 2.05) is 55.1 Å². The zero-order valence-electron chi connectivity index (χ0n) is 20.3. The van der Waals surface area contributed by atoms with Crippen molar-refractivity contribution >= 4 is 39.5 Å². The number of aliphatic hydroxyl groups is 2. The lowest BCUT2D eigenvalue weighted by molar-refractivity contribution is 0.0998. The predicted molar refractivity (Wildman–Crippen MR) is 145 cm³/mol. The Kier molecular flexibility index (Phi) is 9.78. The van der Waals surface area contributed by atoms with E-state index in [4.69, 9.17) is 26.8 Å². The predicted octanol–water partition coefficient (Wildman–Crippen LogP) is 5.74. The van der Waals surface area contributed by atoms with E-state index in [1.165, 1.54) is 11.3 Å². The molecule has 3 aromatic rings. The maximum absolute atomic E-state index is 12.3. The molecule has 0 saturated heterocycles. The molecular formula is C27H31ClN2O5S. The van der Waals surface area contributed by atoms with Crippen molar-refractivity contribution in [3.8, 4) is 11.5 Å². The van der Waals surface area contributed by atoms with Crippen LogP contribution in [0.4, 0.5) is 10.7 Å². The summed E-state index contributed by atoms with van der Waals surface area (Å²) in [6.07, 6.45) is 1.73. The lowest BCUT2D eigenvalue weighted by Gasteiger charge is -2.23. The van der Waals surface area contributed by atoms with Crippen LogP contribution >= 0.6 is 22.9 Å². The second-order valence-corrected chi connectivity index (χ2v) is 9.63. The van der Waals surface area contributed by atoms with Crippen LogP contribution in [0.25, 0.3) is 0 Å². The number of aryl methyl sites for hydroxylation is 1. The number of rotatable bonds is 13. The van der Waals surface area contributed by atoms with E-state index in [-0.39, 0.29) is 24.2 Å². The van der Waals surface area contributed by atoms with Crippen LogP contribution < -0.4 is 20.1 Å². The fraction of sp³-hybridized carbons (Fsp3) is 0.296. The maximum atomic E-state index is 12.3. The monoisotopic (exact) mass is 530 g/mol. The number of carbonyl (C=O) groups is 1. The van der Waals surface area contributed by atoms with Gasteiger partial charge in [-0.25, -0.2) is 0 Å². The molecular weight excluding hydrogens is 500 g/mol. The molecule has 1 heterocycles. The number of benzene rings is 2. The number of nitrogens with two attached hydrogens (primary N) is 1. The highest BCUT2D eigenvalue weighted by molar-refractivity contribution is 7.18. The average Bonchev–Trinajstić information content (AvgIpc) is 3.25. The number of thiophene rings is 1. The fourth-order valence-electron chi connectivity index (χ4n) is 3.77. The number of carbonyl (C=O) groups excluding carboxylic acids is 1. The summed E-state index contributed by atoms with van der Waals surface area (Å²) in [5.74, 6) is 0.351. The van der Waals surface area contributed by atoms with Crippen molar-refractivity contribution in [3.63, 3.8) is 0 Å². The van der Waals surface area contributed by atoms with Gasteiger partial charge in [-0.15, -0.1) is 11.3 Å². The van der Waals surface area contributed by atoms with Gasteiger partial charge in [0.25, 0.3) is 5.91 Å². The first kappa shape index (κ1) is 27.5. The third-order valence-electron chi connectivity index (χ3n) is 5.62. The molecule has 2 aromatic carbocycles. The van der Waals surface area contributed by atoms with E-state index >= 15 is 0 Å². The molecule has 0 unspecified atom stereocenters. The largest absolute Gasteiger partial charge is 0.490 e. The van der Waals surface area contributed by atoms with Crippen LogP contribution in [-0.4, -0.2) is 35.4 Å². The molecule has 0 aliphatic rings. The van der Waals surface area contributed by atoms with Gasteiger partial charge >= 0.3 is 0 Å². The Morgan fingerprint density at radius 2 is 1.86 bits per heavy atom. The van der Waals surface area contributed by atoms with E-state index < -0.39 is 12.0 Å². The molecule has 0 aliphatic heterocycles. The number of amides is 1. The van der Waals surface area contributed by atoms with E-state index in [2.05, 4.69) is 6.58 Å². The SMILES string of the molecule is C=CN(c1cc(O[C@H](C)c2ccccc2Cl)c(C(N)=O)s1)c1cc(OC(CCO)CCO)ccc1C. The maximum Gasteiger partial charge on any atom is 0.262 e. The molecule has 4 N–H and O–H groups in total. The third kappa shape index (κ3) is 6.59. The minimum Gasteiger partial charge on any atom is -0.490 e. The number of hydrogen-bond acceptors (Lipinski definition) is 7. The summed E-state index contributed by atoms with van der Waals surface area (Å²) < 4.78 is 12.2. The van der Waals surface area contributed by atoms with Gasteiger partial charge in [-0.05, 0) is 31.5 Å². The summed E-state index contributed by atoms with van der Waals surface area (Å²) in [6.45, 7) is 7.69. The topological polar surface area (TPSA) is 105 Å². The molecule has 192 valence electrons. The molecule has 0 aliphatic carbocycles. The van der Waals surface area contributed by atoms with Gasteiger partial charge in [0.15, 0.2) is 0 Å². The number of aliphatic hydroxyl groups excluding tert-OH is 2. The van der Waals surface area contributed by atoms with Crippen molar-refractivity contribution in [1.29, 1.82) is 0 Å². The first-order valence-corrected chi connectivity index (χ1v) is 12.7. The minimum atomic E-state index is -0.596. The summed E-state index contributed by atoms with van der Waals surface area (Å²) in [6, 6.07) is 14.7. The number of primary amides is 1. The number of anilines is 2. The lowest BCUT2D eigenvalue weighted by atomic mass is 10.1. The molecule has 0 saturated carbocycles. The van der Waals surface area contributed by atoms with Gasteiger partial charge in [0, 0.05) is 55.0 Å². The summed E-state index contributed by atoms with van der Waals surface area (Å²) in [7, 11) is 0. The second kappa shape index (κ2) is 12.8. The molecule has 0 spiro atoms. The van der Waals surface area contributed by atoms with Crippen LogP contribution in [0, 0.1) is 6.92 Å². The van der Waals surface area contributed by atoms with Gasteiger partial charge in [0.2, 0.25) is 0 Å². The van der Waals surface area contributed by atoms with E-state index in [9.17, 15) is 15.0 Å². The third-order valence-corrected chi connectivity index (χ3v) is 7.10. The molecule has 0 fully saturated rings. The van der Waals surface area contributed by atoms with Gasteiger partial charge in [-0.1, -0.05) is 42.4 Å². The number of nitrogens with zero attached hydrogens (tertiary/aromatic N) is 1. The first-order chi connectivity index (χ1) is 17.3. The van der Waals surface area contributed by atoms with Crippen molar-refractivity contribution in [2.75, 3.05) is 18.1 Å². The zero-order valence-corrected chi connectivity index (χ0v) is 21.9. The summed E-state index contributed by atoms with van der Waals surface area (Å²) in [4.78, 5) is 14.4.